The Kier molecular flexibility index (Phi) is 6.69. The Morgan fingerprint density at radius 2 is 1.79 bits per heavy atom. The summed E-state index contributed by atoms with van der Waals surface area (Å²) >= 11 is 11.9. The summed E-state index contributed by atoms with van der Waals surface area (Å²) in [7, 11) is 0. The lowest BCUT2D eigenvalue weighted by molar-refractivity contribution is 0.0954. The van der Waals surface area contributed by atoms with Crippen molar-refractivity contribution in [1.82, 2.24) is 5.43 Å². The lowest BCUT2D eigenvalue weighted by Gasteiger charge is -2.07. The van der Waals surface area contributed by atoms with Gasteiger partial charge in [-0.1, -0.05) is 47.5 Å². The Labute approximate surface area is 173 Å². The van der Waals surface area contributed by atoms with Gasteiger partial charge in [-0.15, -0.1) is 0 Å². The highest BCUT2D eigenvalue weighted by Gasteiger charge is 2.06. The van der Waals surface area contributed by atoms with Crippen molar-refractivity contribution < 1.29 is 9.53 Å². The van der Waals surface area contributed by atoms with E-state index in [4.69, 9.17) is 27.9 Å². The second-order valence-electron chi connectivity index (χ2n) is 6.12. The fourth-order valence-electron chi connectivity index (χ4n) is 2.50. The summed E-state index contributed by atoms with van der Waals surface area (Å²) in [6, 6.07) is 20.1. The molecule has 3 rings (SSSR count). The van der Waals surface area contributed by atoms with Crippen LogP contribution in [0.4, 0.5) is 0 Å². The molecule has 0 aliphatic carbocycles. The molecule has 0 aliphatic rings. The van der Waals surface area contributed by atoms with Crippen LogP contribution in [-0.4, -0.2) is 12.1 Å². The number of nitrogens with one attached hydrogen (secondary N) is 1. The number of ether oxygens (including phenoxy) is 1. The molecule has 0 heterocycles. The molecule has 0 atom stereocenters. The summed E-state index contributed by atoms with van der Waals surface area (Å²) in [6.07, 6.45) is 1.58. The van der Waals surface area contributed by atoms with E-state index < -0.39 is 0 Å². The van der Waals surface area contributed by atoms with Gasteiger partial charge in [-0.2, -0.15) is 5.10 Å². The first kappa shape index (κ1) is 19.9. The number of amides is 1. The predicted octanol–water partition coefficient (Wildman–Crippen LogP) is 5.64. The number of hydrogen-bond acceptors (Lipinski definition) is 3. The first-order valence-corrected chi connectivity index (χ1v) is 9.34. The van der Waals surface area contributed by atoms with Crippen molar-refractivity contribution in [3.05, 3.63) is 99.0 Å². The average Bonchev–Trinajstić information content (AvgIpc) is 2.70. The summed E-state index contributed by atoms with van der Waals surface area (Å²) in [5, 5.41) is 5.03. The van der Waals surface area contributed by atoms with Gasteiger partial charge in [0.05, 0.1) is 16.3 Å². The van der Waals surface area contributed by atoms with Crippen LogP contribution < -0.4 is 10.2 Å². The minimum atomic E-state index is -0.240. The maximum Gasteiger partial charge on any atom is 0.271 e. The van der Waals surface area contributed by atoms with Gasteiger partial charge < -0.3 is 4.74 Å². The summed E-state index contributed by atoms with van der Waals surface area (Å²) in [6.45, 7) is 2.27. The van der Waals surface area contributed by atoms with Gasteiger partial charge in [-0.25, -0.2) is 5.43 Å². The summed E-state index contributed by atoms with van der Waals surface area (Å²) < 4.78 is 5.74. The van der Waals surface area contributed by atoms with Crippen LogP contribution in [0.1, 0.15) is 27.0 Å². The van der Waals surface area contributed by atoms with E-state index in [-0.39, 0.29) is 5.91 Å². The van der Waals surface area contributed by atoms with E-state index >= 15 is 0 Å². The largest absolute Gasteiger partial charge is 0.489 e. The Bertz CT molecular complexity index is 1000. The molecular formula is C22H18Cl2N2O2. The van der Waals surface area contributed by atoms with Crippen molar-refractivity contribution in [2.24, 2.45) is 5.10 Å². The van der Waals surface area contributed by atoms with Crippen molar-refractivity contribution in [3.8, 4) is 5.75 Å². The molecule has 28 heavy (non-hydrogen) atoms. The molecule has 0 aliphatic heterocycles. The third-order valence-electron chi connectivity index (χ3n) is 4.04. The minimum absolute atomic E-state index is 0.240. The summed E-state index contributed by atoms with van der Waals surface area (Å²) in [5.41, 5.74) is 5.81. The second kappa shape index (κ2) is 9.40. The standard InChI is InChI=1S/C22H18Cl2N2O2/c1-15-4-2-3-5-19(15)22(27)26-25-13-16-6-9-18(10-7-16)28-14-17-8-11-20(23)21(24)12-17/h2-13H,14H2,1H3,(H,26,27)/b25-13+. The number of benzene rings is 3. The van der Waals surface area contributed by atoms with Crippen molar-refractivity contribution in [1.29, 1.82) is 0 Å². The predicted molar refractivity (Wildman–Crippen MR) is 113 cm³/mol. The molecule has 0 aromatic heterocycles. The van der Waals surface area contributed by atoms with E-state index in [1.54, 1.807) is 24.4 Å². The van der Waals surface area contributed by atoms with Crippen LogP contribution in [-0.2, 0) is 6.61 Å². The van der Waals surface area contributed by atoms with Crippen LogP contribution >= 0.6 is 23.2 Å². The number of nitrogens with zero attached hydrogens (tertiary/aromatic N) is 1. The Morgan fingerprint density at radius 1 is 1.04 bits per heavy atom. The molecule has 1 amide bonds. The van der Waals surface area contributed by atoms with Crippen LogP contribution in [0, 0.1) is 6.92 Å². The normalized spacial score (nSPS) is 10.8. The molecule has 0 saturated heterocycles. The number of aryl methyl sites for hydroxylation is 1. The highest BCUT2D eigenvalue weighted by molar-refractivity contribution is 6.42. The molecular weight excluding hydrogens is 395 g/mol. The molecule has 0 unspecified atom stereocenters. The third-order valence-corrected chi connectivity index (χ3v) is 4.78. The zero-order chi connectivity index (χ0) is 19.9. The molecule has 6 heteroatoms. The number of carbonyl (C=O) groups is 1. The van der Waals surface area contributed by atoms with Gasteiger partial charge in [0.25, 0.3) is 5.91 Å². The average molecular weight is 413 g/mol. The molecule has 3 aromatic rings. The van der Waals surface area contributed by atoms with Crippen molar-refractivity contribution in [2.75, 3.05) is 0 Å². The van der Waals surface area contributed by atoms with Crippen molar-refractivity contribution in [2.45, 2.75) is 13.5 Å². The number of halogens is 2. The van der Waals surface area contributed by atoms with Crippen LogP contribution in [0.2, 0.25) is 10.0 Å². The van der Waals surface area contributed by atoms with Crippen LogP contribution in [0.15, 0.2) is 71.8 Å². The molecule has 0 fully saturated rings. The zero-order valence-electron chi connectivity index (χ0n) is 15.2. The molecule has 142 valence electrons. The molecule has 3 aromatic carbocycles. The van der Waals surface area contributed by atoms with E-state index in [0.29, 0.717) is 28.0 Å². The fraction of sp³-hybridized carbons (Fsp3) is 0.0909. The van der Waals surface area contributed by atoms with Crippen LogP contribution in [0.5, 0.6) is 5.75 Å². The maximum absolute atomic E-state index is 12.1. The monoisotopic (exact) mass is 412 g/mol. The first-order valence-electron chi connectivity index (χ1n) is 8.59. The van der Waals surface area contributed by atoms with Gasteiger partial charge >= 0.3 is 0 Å². The van der Waals surface area contributed by atoms with Crippen molar-refractivity contribution in [3.63, 3.8) is 0 Å². The van der Waals surface area contributed by atoms with Gasteiger partial charge in [0.2, 0.25) is 0 Å². The van der Waals surface area contributed by atoms with Gasteiger partial charge in [-0.05, 0) is 66.1 Å². The quantitative estimate of drug-likeness (QED) is 0.420. The molecule has 1 N–H and O–H groups in total. The SMILES string of the molecule is Cc1ccccc1C(=O)N/N=C/c1ccc(OCc2ccc(Cl)c(Cl)c2)cc1. The fourth-order valence-corrected chi connectivity index (χ4v) is 2.82. The summed E-state index contributed by atoms with van der Waals surface area (Å²) in [5.74, 6) is 0.475. The molecule has 0 bridgehead atoms. The molecule has 4 nitrogen and oxygen atoms in total. The Hall–Kier alpha value is -2.82. The zero-order valence-corrected chi connectivity index (χ0v) is 16.7. The Balaban J connectivity index is 1.54. The number of hydrazone groups is 1. The number of hydrogen-bond donors (Lipinski definition) is 1. The Morgan fingerprint density at radius 3 is 2.50 bits per heavy atom. The van der Waals surface area contributed by atoms with Crippen molar-refractivity contribution >= 4 is 35.3 Å². The van der Waals surface area contributed by atoms with E-state index in [1.165, 1.54) is 0 Å². The van der Waals surface area contributed by atoms with Crippen LogP contribution in [0.25, 0.3) is 0 Å². The highest BCUT2D eigenvalue weighted by Crippen LogP contribution is 2.23. The maximum atomic E-state index is 12.1. The lowest BCUT2D eigenvalue weighted by Crippen LogP contribution is -2.18. The van der Waals surface area contributed by atoms with E-state index in [9.17, 15) is 4.79 Å². The number of rotatable bonds is 6. The highest BCUT2D eigenvalue weighted by atomic mass is 35.5. The first-order chi connectivity index (χ1) is 13.5. The topological polar surface area (TPSA) is 50.7 Å². The van der Waals surface area contributed by atoms with Gasteiger partial charge in [0.15, 0.2) is 0 Å². The minimum Gasteiger partial charge on any atom is -0.489 e. The van der Waals surface area contributed by atoms with Gasteiger partial charge in [0.1, 0.15) is 12.4 Å². The van der Waals surface area contributed by atoms with Crippen LogP contribution in [0.3, 0.4) is 0 Å². The third kappa shape index (κ3) is 5.35. The van der Waals surface area contributed by atoms with Gasteiger partial charge in [-0.3, -0.25) is 4.79 Å². The summed E-state index contributed by atoms with van der Waals surface area (Å²) in [4.78, 5) is 12.1. The smallest absolute Gasteiger partial charge is 0.271 e. The van der Waals surface area contributed by atoms with E-state index in [1.807, 2.05) is 55.5 Å². The van der Waals surface area contributed by atoms with E-state index in [0.717, 1.165) is 16.7 Å². The molecule has 0 spiro atoms. The second-order valence-corrected chi connectivity index (χ2v) is 6.93. The lowest BCUT2D eigenvalue weighted by atomic mass is 10.1. The number of carbonyl (C=O) groups excluding carboxylic acids is 1. The van der Waals surface area contributed by atoms with Gasteiger partial charge in [0, 0.05) is 5.56 Å². The molecule has 0 saturated carbocycles. The van der Waals surface area contributed by atoms with E-state index in [2.05, 4.69) is 10.5 Å². The molecule has 0 radical (unpaired) electrons.